The Balaban J connectivity index is 1.41. The zero-order valence-corrected chi connectivity index (χ0v) is 16.3. The summed E-state index contributed by atoms with van der Waals surface area (Å²) in [5.74, 6) is 0.0676. The van der Waals surface area contributed by atoms with E-state index in [1.807, 2.05) is 0 Å². The lowest BCUT2D eigenvalue weighted by Gasteiger charge is -2.36. The molecule has 1 aliphatic heterocycles. The predicted octanol–water partition coefficient (Wildman–Crippen LogP) is 1.81. The molecule has 28 heavy (non-hydrogen) atoms. The molecular formula is C21H31N3O4. The molecule has 1 aromatic rings. The minimum absolute atomic E-state index is 0.0215. The Bertz CT molecular complexity index is 634. The molecule has 2 heterocycles. The monoisotopic (exact) mass is 389 g/mol. The smallest absolute Gasteiger partial charge is 0.270 e. The lowest BCUT2D eigenvalue weighted by atomic mass is 9.88. The summed E-state index contributed by atoms with van der Waals surface area (Å²) in [7, 11) is 0. The molecule has 7 heteroatoms. The SMILES string of the molecule is O=C(N[C@H]1CC[C@@H](CCNC(=O)C2CCCCC2)O[C@H]1CO)c1ccccn1. The molecule has 3 rings (SSSR count). The number of carbonyl (C=O) groups excluding carboxylic acids is 2. The van der Waals surface area contributed by atoms with E-state index in [1.54, 1.807) is 24.4 Å². The minimum Gasteiger partial charge on any atom is -0.394 e. The van der Waals surface area contributed by atoms with Gasteiger partial charge in [0.25, 0.3) is 5.91 Å². The summed E-state index contributed by atoms with van der Waals surface area (Å²) in [4.78, 5) is 28.6. The first-order chi connectivity index (χ1) is 13.7. The maximum atomic E-state index is 12.3. The van der Waals surface area contributed by atoms with Crippen LogP contribution in [0.15, 0.2) is 24.4 Å². The van der Waals surface area contributed by atoms with Crippen LogP contribution in [-0.4, -0.2) is 53.3 Å². The van der Waals surface area contributed by atoms with Crippen molar-refractivity contribution < 1.29 is 19.4 Å². The number of aliphatic hydroxyl groups is 1. The van der Waals surface area contributed by atoms with E-state index in [-0.39, 0.29) is 36.5 Å². The highest BCUT2D eigenvalue weighted by Crippen LogP contribution is 2.24. The van der Waals surface area contributed by atoms with Crippen LogP contribution in [0, 0.1) is 5.92 Å². The number of carbonyl (C=O) groups is 2. The highest BCUT2D eigenvalue weighted by molar-refractivity contribution is 5.92. The average molecular weight is 389 g/mol. The third-order valence-electron chi connectivity index (χ3n) is 5.75. The van der Waals surface area contributed by atoms with Crippen molar-refractivity contribution in [3.63, 3.8) is 0 Å². The summed E-state index contributed by atoms with van der Waals surface area (Å²) >= 11 is 0. The molecule has 2 aliphatic rings. The molecular weight excluding hydrogens is 358 g/mol. The zero-order chi connectivity index (χ0) is 19.8. The van der Waals surface area contributed by atoms with Gasteiger partial charge in [0.05, 0.1) is 18.8 Å². The fourth-order valence-electron chi connectivity index (χ4n) is 4.11. The predicted molar refractivity (Wildman–Crippen MR) is 105 cm³/mol. The van der Waals surface area contributed by atoms with E-state index in [2.05, 4.69) is 15.6 Å². The van der Waals surface area contributed by atoms with E-state index in [0.717, 1.165) is 44.9 Å². The Morgan fingerprint density at radius 2 is 1.96 bits per heavy atom. The Hall–Kier alpha value is -1.99. The number of hydrogen-bond donors (Lipinski definition) is 3. The first-order valence-corrected chi connectivity index (χ1v) is 10.4. The third kappa shape index (κ3) is 5.75. The molecule has 1 saturated heterocycles. The molecule has 3 atom stereocenters. The second kappa shape index (κ2) is 10.5. The van der Waals surface area contributed by atoms with E-state index < -0.39 is 6.10 Å². The molecule has 7 nitrogen and oxygen atoms in total. The maximum Gasteiger partial charge on any atom is 0.270 e. The first kappa shape index (κ1) is 20.7. The molecule has 2 fully saturated rings. The Labute approximate surface area is 166 Å². The topological polar surface area (TPSA) is 101 Å². The molecule has 0 spiro atoms. The molecule has 0 aromatic carbocycles. The molecule has 0 unspecified atom stereocenters. The number of amides is 2. The molecule has 1 aromatic heterocycles. The maximum absolute atomic E-state index is 12.3. The summed E-state index contributed by atoms with van der Waals surface area (Å²) in [5.41, 5.74) is 0.353. The van der Waals surface area contributed by atoms with Gasteiger partial charge in [-0.25, -0.2) is 0 Å². The fourth-order valence-corrected chi connectivity index (χ4v) is 4.11. The number of aromatic nitrogens is 1. The number of pyridine rings is 1. The number of aliphatic hydroxyl groups excluding tert-OH is 1. The van der Waals surface area contributed by atoms with Crippen LogP contribution in [-0.2, 0) is 9.53 Å². The third-order valence-corrected chi connectivity index (χ3v) is 5.75. The van der Waals surface area contributed by atoms with Gasteiger partial charge in [-0.15, -0.1) is 0 Å². The lowest BCUT2D eigenvalue weighted by molar-refractivity contribution is -0.126. The number of rotatable bonds is 7. The summed E-state index contributed by atoms with van der Waals surface area (Å²) in [6.07, 6.45) is 8.86. The highest BCUT2D eigenvalue weighted by Gasteiger charge is 2.32. The van der Waals surface area contributed by atoms with Crippen LogP contribution >= 0.6 is 0 Å². The summed E-state index contributed by atoms with van der Waals surface area (Å²) in [5, 5.41) is 15.6. The minimum atomic E-state index is -0.444. The van der Waals surface area contributed by atoms with Crippen LogP contribution in [0.25, 0.3) is 0 Å². The van der Waals surface area contributed by atoms with Gasteiger partial charge in [0.15, 0.2) is 0 Å². The summed E-state index contributed by atoms with van der Waals surface area (Å²) in [6, 6.07) is 4.94. The first-order valence-electron chi connectivity index (χ1n) is 10.4. The van der Waals surface area contributed by atoms with Gasteiger partial charge in [0.1, 0.15) is 11.8 Å². The normalized spacial score (nSPS) is 25.8. The van der Waals surface area contributed by atoms with Gasteiger partial charge >= 0.3 is 0 Å². The van der Waals surface area contributed by atoms with E-state index in [4.69, 9.17) is 4.74 Å². The standard InChI is InChI=1S/C21H31N3O4/c25-14-19-17(24-21(27)18-8-4-5-12-22-18)10-9-16(28-19)11-13-23-20(26)15-6-2-1-3-7-15/h4-5,8,12,15-17,19,25H,1-3,6-7,9-11,13-14H2,(H,23,26)(H,24,27)/t16-,17-,19-/m0/s1. The van der Waals surface area contributed by atoms with E-state index in [1.165, 1.54) is 6.42 Å². The van der Waals surface area contributed by atoms with Gasteiger partial charge < -0.3 is 20.5 Å². The second-order valence-electron chi connectivity index (χ2n) is 7.77. The van der Waals surface area contributed by atoms with E-state index >= 15 is 0 Å². The van der Waals surface area contributed by atoms with Gasteiger partial charge in [0.2, 0.25) is 5.91 Å². The summed E-state index contributed by atoms with van der Waals surface area (Å²) < 4.78 is 5.98. The number of hydrogen-bond acceptors (Lipinski definition) is 5. The summed E-state index contributed by atoms with van der Waals surface area (Å²) in [6.45, 7) is 0.432. The van der Waals surface area contributed by atoms with Crippen molar-refractivity contribution in [2.45, 2.75) is 69.6 Å². The van der Waals surface area contributed by atoms with E-state index in [9.17, 15) is 14.7 Å². The van der Waals surface area contributed by atoms with Gasteiger partial charge in [-0.05, 0) is 44.2 Å². The average Bonchev–Trinajstić information content (AvgIpc) is 2.75. The largest absolute Gasteiger partial charge is 0.394 e. The molecule has 1 saturated carbocycles. The molecule has 154 valence electrons. The fraction of sp³-hybridized carbons (Fsp3) is 0.667. The molecule has 0 radical (unpaired) electrons. The van der Waals surface area contributed by atoms with Gasteiger partial charge in [0, 0.05) is 18.7 Å². The molecule has 0 bridgehead atoms. The van der Waals surface area contributed by atoms with Crippen molar-refractivity contribution in [2.24, 2.45) is 5.92 Å². The molecule has 2 amide bonds. The van der Waals surface area contributed by atoms with Gasteiger partial charge in [-0.1, -0.05) is 25.3 Å². The van der Waals surface area contributed by atoms with Crippen LogP contribution in [0.5, 0.6) is 0 Å². The van der Waals surface area contributed by atoms with Crippen molar-refractivity contribution in [3.05, 3.63) is 30.1 Å². The number of nitrogens with zero attached hydrogens (tertiary/aromatic N) is 1. The van der Waals surface area contributed by atoms with Gasteiger partial charge in [-0.3, -0.25) is 14.6 Å². The lowest BCUT2D eigenvalue weighted by Crippen LogP contribution is -2.51. The zero-order valence-electron chi connectivity index (χ0n) is 16.3. The quantitative estimate of drug-likeness (QED) is 0.660. The van der Waals surface area contributed by atoms with Crippen molar-refractivity contribution in [3.8, 4) is 0 Å². The van der Waals surface area contributed by atoms with Crippen molar-refractivity contribution in [1.29, 1.82) is 0 Å². The van der Waals surface area contributed by atoms with Crippen LogP contribution in [0.3, 0.4) is 0 Å². The van der Waals surface area contributed by atoms with Crippen LogP contribution in [0.4, 0.5) is 0 Å². The molecule has 3 N–H and O–H groups in total. The Morgan fingerprint density at radius 1 is 1.14 bits per heavy atom. The van der Waals surface area contributed by atoms with Crippen LogP contribution in [0.2, 0.25) is 0 Å². The van der Waals surface area contributed by atoms with Crippen molar-refractivity contribution in [1.82, 2.24) is 15.6 Å². The second-order valence-corrected chi connectivity index (χ2v) is 7.77. The van der Waals surface area contributed by atoms with Crippen molar-refractivity contribution in [2.75, 3.05) is 13.2 Å². The van der Waals surface area contributed by atoms with Gasteiger partial charge in [-0.2, -0.15) is 0 Å². The van der Waals surface area contributed by atoms with Crippen LogP contribution in [0.1, 0.15) is 61.9 Å². The van der Waals surface area contributed by atoms with Crippen LogP contribution < -0.4 is 10.6 Å². The van der Waals surface area contributed by atoms with E-state index in [0.29, 0.717) is 12.2 Å². The number of nitrogens with one attached hydrogen (secondary N) is 2. The van der Waals surface area contributed by atoms with Crippen molar-refractivity contribution >= 4 is 11.8 Å². The highest BCUT2D eigenvalue weighted by atomic mass is 16.5. The Morgan fingerprint density at radius 3 is 2.68 bits per heavy atom. The number of ether oxygens (including phenoxy) is 1. The Kier molecular flexibility index (Phi) is 7.80. The molecule has 1 aliphatic carbocycles.